The molecule has 0 radical (unpaired) electrons. The van der Waals surface area contributed by atoms with Crippen molar-refractivity contribution in [3.8, 4) is 0 Å². The Balaban J connectivity index is 2.34. The fourth-order valence-electron chi connectivity index (χ4n) is 2.42. The van der Waals surface area contributed by atoms with Crippen molar-refractivity contribution in [2.75, 3.05) is 6.54 Å². The molecule has 0 spiro atoms. The van der Waals surface area contributed by atoms with Crippen LogP contribution in [0.25, 0.3) is 0 Å². The Morgan fingerprint density at radius 3 is 2.72 bits per heavy atom. The Morgan fingerprint density at radius 2 is 2.22 bits per heavy atom. The van der Waals surface area contributed by atoms with Gasteiger partial charge in [0.15, 0.2) is 0 Å². The van der Waals surface area contributed by atoms with Gasteiger partial charge in [0.25, 0.3) is 0 Å². The third kappa shape index (κ3) is 3.70. The van der Waals surface area contributed by atoms with E-state index in [1.165, 1.54) is 0 Å². The summed E-state index contributed by atoms with van der Waals surface area (Å²) in [6.45, 7) is 4.39. The molecule has 104 valence electrons. The van der Waals surface area contributed by atoms with Crippen molar-refractivity contribution in [1.82, 2.24) is 5.32 Å². The molecule has 0 aromatic rings. The van der Waals surface area contributed by atoms with E-state index in [1.54, 1.807) is 0 Å². The molecule has 1 aliphatic rings. The molecular formula is C13H24N2O3. The largest absolute Gasteiger partial charge is 0.481 e. The van der Waals surface area contributed by atoms with Crippen LogP contribution in [-0.2, 0) is 9.59 Å². The van der Waals surface area contributed by atoms with E-state index in [0.717, 1.165) is 19.3 Å². The topological polar surface area (TPSA) is 92.4 Å². The first-order valence-corrected chi connectivity index (χ1v) is 6.62. The number of nitrogens with one attached hydrogen (secondary N) is 1. The van der Waals surface area contributed by atoms with Gasteiger partial charge in [0.1, 0.15) is 0 Å². The predicted octanol–water partition coefficient (Wildman–Crippen LogP) is 1.12. The summed E-state index contributed by atoms with van der Waals surface area (Å²) in [5.41, 5.74) is 5.53. The molecule has 1 rings (SSSR count). The summed E-state index contributed by atoms with van der Waals surface area (Å²) in [5, 5.41) is 11.5. The third-order valence-corrected chi connectivity index (χ3v) is 4.01. The number of carbonyl (C=O) groups excluding carboxylic acids is 1. The van der Waals surface area contributed by atoms with E-state index in [-0.39, 0.29) is 24.3 Å². The summed E-state index contributed by atoms with van der Waals surface area (Å²) in [7, 11) is 0. The average molecular weight is 256 g/mol. The minimum Gasteiger partial charge on any atom is -0.481 e. The van der Waals surface area contributed by atoms with Gasteiger partial charge in [-0.05, 0) is 32.1 Å². The molecule has 1 fully saturated rings. The minimum atomic E-state index is -0.794. The molecule has 1 amide bonds. The van der Waals surface area contributed by atoms with Gasteiger partial charge in [0, 0.05) is 19.0 Å². The number of amides is 1. The van der Waals surface area contributed by atoms with Crippen LogP contribution >= 0.6 is 0 Å². The zero-order chi connectivity index (χ0) is 13.8. The van der Waals surface area contributed by atoms with Gasteiger partial charge in [0.05, 0.1) is 5.41 Å². The lowest BCUT2D eigenvalue weighted by Gasteiger charge is -2.28. The van der Waals surface area contributed by atoms with Gasteiger partial charge in [-0.3, -0.25) is 9.59 Å². The van der Waals surface area contributed by atoms with Gasteiger partial charge in [-0.1, -0.05) is 13.3 Å². The molecule has 5 heteroatoms. The highest BCUT2D eigenvalue weighted by atomic mass is 16.4. The average Bonchev–Trinajstić information content (AvgIpc) is 2.65. The number of hydrogen-bond acceptors (Lipinski definition) is 3. The SMILES string of the molecule is CC(CCC(=O)O)CNC(=O)C1(C)CCCC1N. The second-order valence-corrected chi connectivity index (χ2v) is 5.66. The van der Waals surface area contributed by atoms with Crippen molar-refractivity contribution in [3.05, 3.63) is 0 Å². The number of hydrogen-bond donors (Lipinski definition) is 3. The van der Waals surface area contributed by atoms with E-state index >= 15 is 0 Å². The van der Waals surface area contributed by atoms with E-state index in [0.29, 0.717) is 13.0 Å². The maximum Gasteiger partial charge on any atom is 0.303 e. The molecular weight excluding hydrogens is 232 g/mol. The zero-order valence-electron chi connectivity index (χ0n) is 11.2. The number of aliphatic carboxylic acids is 1. The highest BCUT2D eigenvalue weighted by Crippen LogP contribution is 2.36. The number of rotatable bonds is 6. The first kappa shape index (κ1) is 15.0. The fraction of sp³-hybridized carbons (Fsp3) is 0.846. The van der Waals surface area contributed by atoms with E-state index < -0.39 is 11.4 Å². The number of carboxylic acids is 1. The highest BCUT2D eigenvalue weighted by Gasteiger charge is 2.42. The molecule has 0 heterocycles. The van der Waals surface area contributed by atoms with Gasteiger partial charge in [-0.15, -0.1) is 0 Å². The Bertz CT molecular complexity index is 319. The van der Waals surface area contributed by atoms with E-state index in [1.807, 2.05) is 13.8 Å². The summed E-state index contributed by atoms with van der Waals surface area (Å²) in [4.78, 5) is 22.6. The minimum absolute atomic E-state index is 0.00896. The second-order valence-electron chi connectivity index (χ2n) is 5.66. The van der Waals surface area contributed by atoms with Gasteiger partial charge >= 0.3 is 5.97 Å². The van der Waals surface area contributed by atoms with Crippen LogP contribution in [0.3, 0.4) is 0 Å². The lowest BCUT2D eigenvalue weighted by Crippen LogP contribution is -2.48. The molecule has 18 heavy (non-hydrogen) atoms. The van der Waals surface area contributed by atoms with Gasteiger partial charge in [-0.2, -0.15) is 0 Å². The van der Waals surface area contributed by atoms with Gasteiger partial charge < -0.3 is 16.2 Å². The molecule has 4 N–H and O–H groups in total. The summed E-state index contributed by atoms with van der Waals surface area (Å²) in [6, 6.07) is -0.0631. The maximum absolute atomic E-state index is 12.1. The molecule has 1 saturated carbocycles. The van der Waals surface area contributed by atoms with E-state index in [9.17, 15) is 9.59 Å². The van der Waals surface area contributed by atoms with Crippen LogP contribution in [0.1, 0.15) is 46.0 Å². The Kier molecular flexibility index (Phi) is 5.14. The normalized spacial score (nSPS) is 28.9. The molecule has 1 aliphatic carbocycles. The molecule has 0 aliphatic heterocycles. The van der Waals surface area contributed by atoms with Crippen molar-refractivity contribution in [2.24, 2.45) is 17.1 Å². The molecule has 0 bridgehead atoms. The van der Waals surface area contributed by atoms with Crippen molar-refractivity contribution < 1.29 is 14.7 Å². The van der Waals surface area contributed by atoms with Crippen LogP contribution in [0.2, 0.25) is 0 Å². The van der Waals surface area contributed by atoms with Crippen LogP contribution in [-0.4, -0.2) is 29.6 Å². The standard InChI is InChI=1S/C13H24N2O3/c1-9(5-6-11(16)17)8-15-12(18)13(2)7-3-4-10(13)14/h9-10H,3-8,14H2,1-2H3,(H,15,18)(H,16,17). The quantitative estimate of drug-likeness (QED) is 0.664. The maximum atomic E-state index is 12.1. The van der Waals surface area contributed by atoms with Crippen LogP contribution < -0.4 is 11.1 Å². The van der Waals surface area contributed by atoms with Crippen LogP contribution in [0, 0.1) is 11.3 Å². The molecule has 0 aromatic carbocycles. The first-order valence-electron chi connectivity index (χ1n) is 6.62. The Labute approximate surface area is 108 Å². The van der Waals surface area contributed by atoms with Crippen molar-refractivity contribution in [3.63, 3.8) is 0 Å². The molecule has 3 atom stereocenters. The van der Waals surface area contributed by atoms with Gasteiger partial charge in [-0.25, -0.2) is 0 Å². The molecule has 3 unspecified atom stereocenters. The lowest BCUT2D eigenvalue weighted by atomic mass is 9.84. The van der Waals surface area contributed by atoms with E-state index in [4.69, 9.17) is 10.8 Å². The van der Waals surface area contributed by atoms with E-state index in [2.05, 4.69) is 5.32 Å². The predicted molar refractivity (Wildman–Crippen MR) is 69.0 cm³/mol. The number of nitrogens with two attached hydrogens (primary N) is 1. The third-order valence-electron chi connectivity index (χ3n) is 4.01. The first-order chi connectivity index (χ1) is 8.36. The summed E-state index contributed by atoms with van der Waals surface area (Å²) in [5.74, 6) is -0.612. The monoisotopic (exact) mass is 256 g/mol. The highest BCUT2D eigenvalue weighted by molar-refractivity contribution is 5.83. The number of carboxylic acid groups (broad SMARTS) is 1. The van der Waals surface area contributed by atoms with Crippen LogP contribution in [0.15, 0.2) is 0 Å². The van der Waals surface area contributed by atoms with Crippen LogP contribution in [0.5, 0.6) is 0 Å². The summed E-state index contributed by atoms with van der Waals surface area (Å²) >= 11 is 0. The zero-order valence-corrected chi connectivity index (χ0v) is 11.2. The lowest BCUT2D eigenvalue weighted by molar-refractivity contribution is -0.137. The molecule has 0 aromatic heterocycles. The Hall–Kier alpha value is -1.10. The Morgan fingerprint density at radius 1 is 1.56 bits per heavy atom. The molecule has 0 saturated heterocycles. The number of carbonyl (C=O) groups is 2. The van der Waals surface area contributed by atoms with Gasteiger partial charge in [0.2, 0.25) is 5.91 Å². The van der Waals surface area contributed by atoms with Crippen molar-refractivity contribution >= 4 is 11.9 Å². The fourth-order valence-corrected chi connectivity index (χ4v) is 2.42. The van der Waals surface area contributed by atoms with Crippen LogP contribution in [0.4, 0.5) is 0 Å². The van der Waals surface area contributed by atoms with Crippen molar-refractivity contribution in [2.45, 2.75) is 52.0 Å². The summed E-state index contributed by atoms with van der Waals surface area (Å²) < 4.78 is 0. The molecule has 5 nitrogen and oxygen atoms in total. The smallest absolute Gasteiger partial charge is 0.303 e. The second kappa shape index (κ2) is 6.18. The summed E-state index contributed by atoms with van der Waals surface area (Å²) in [6.07, 6.45) is 3.47. The van der Waals surface area contributed by atoms with Crippen molar-refractivity contribution in [1.29, 1.82) is 0 Å².